The summed E-state index contributed by atoms with van der Waals surface area (Å²) in [6.07, 6.45) is 0.491. The van der Waals surface area contributed by atoms with Crippen LogP contribution >= 0.6 is 0 Å². The molecule has 1 aliphatic carbocycles. The van der Waals surface area contributed by atoms with E-state index in [1.54, 1.807) is 6.33 Å². The number of phenolic OH excluding ortho intramolecular Hbond substituents is 1. The van der Waals surface area contributed by atoms with Gasteiger partial charge < -0.3 is 14.1 Å². The summed E-state index contributed by atoms with van der Waals surface area (Å²) in [5.41, 5.74) is 0.416. The van der Waals surface area contributed by atoms with Crippen LogP contribution in [0.5, 0.6) is 5.75 Å². The van der Waals surface area contributed by atoms with Crippen molar-refractivity contribution in [3.05, 3.63) is 24.0 Å². The van der Waals surface area contributed by atoms with Crippen molar-refractivity contribution >= 4 is 19.4 Å². The third-order valence-corrected chi connectivity index (χ3v) is 10.6. The summed E-state index contributed by atoms with van der Waals surface area (Å²) in [5.74, 6) is -0.183. The van der Waals surface area contributed by atoms with Gasteiger partial charge >= 0.3 is 0 Å². The van der Waals surface area contributed by atoms with E-state index < -0.39 is 14.7 Å². The molecule has 144 valence electrons. The van der Waals surface area contributed by atoms with Crippen LogP contribution in [0, 0.1) is 0 Å². The predicted octanol–water partition coefficient (Wildman–Crippen LogP) is 5.79. The maximum Gasteiger partial charge on any atom is 0.266 e. The number of benzene rings is 1. The molecular formula is C19H28F2N2O2Si. The Morgan fingerprint density at radius 2 is 1.92 bits per heavy atom. The van der Waals surface area contributed by atoms with Gasteiger partial charge in [-0.1, -0.05) is 20.8 Å². The third-order valence-electron chi connectivity index (χ3n) is 5.95. The van der Waals surface area contributed by atoms with E-state index in [4.69, 9.17) is 4.43 Å². The molecule has 1 saturated carbocycles. The highest BCUT2D eigenvalue weighted by molar-refractivity contribution is 6.74. The molecule has 4 nitrogen and oxygen atoms in total. The number of alkyl halides is 2. The first-order chi connectivity index (χ1) is 11.8. The lowest BCUT2D eigenvalue weighted by molar-refractivity contribution is -0.0378. The zero-order valence-electron chi connectivity index (χ0n) is 16.3. The van der Waals surface area contributed by atoms with Crippen LogP contribution in [-0.4, -0.2) is 28.6 Å². The fourth-order valence-electron chi connectivity index (χ4n) is 3.62. The van der Waals surface area contributed by atoms with Crippen LogP contribution in [-0.2, 0) is 4.43 Å². The van der Waals surface area contributed by atoms with Crippen molar-refractivity contribution < 1.29 is 18.3 Å². The third kappa shape index (κ3) is 3.27. The first-order valence-electron chi connectivity index (χ1n) is 9.01. The fourth-order valence-corrected chi connectivity index (χ4v) is 5.32. The highest BCUT2D eigenvalue weighted by atomic mass is 28.4. The van der Waals surface area contributed by atoms with Crippen LogP contribution < -0.4 is 0 Å². The lowest BCUT2D eigenvalue weighted by Crippen LogP contribution is -2.54. The minimum absolute atomic E-state index is 0.0804. The Hall–Kier alpha value is -1.47. The quantitative estimate of drug-likeness (QED) is 0.680. The summed E-state index contributed by atoms with van der Waals surface area (Å²) in [6, 6.07) is 2.65. The number of imidazole rings is 1. The molecule has 1 aromatic heterocycles. The highest BCUT2D eigenvalue weighted by Crippen LogP contribution is 2.50. The molecule has 1 aromatic carbocycles. The minimum atomic E-state index is -2.66. The number of rotatable bonds is 4. The van der Waals surface area contributed by atoms with Crippen molar-refractivity contribution in [1.29, 1.82) is 0 Å². The molecule has 0 aliphatic heterocycles. The zero-order valence-corrected chi connectivity index (χ0v) is 17.3. The van der Waals surface area contributed by atoms with Crippen molar-refractivity contribution in [2.24, 2.45) is 0 Å². The van der Waals surface area contributed by atoms with Crippen LogP contribution in [0.1, 0.15) is 58.6 Å². The molecule has 7 heteroatoms. The van der Waals surface area contributed by atoms with Crippen molar-refractivity contribution in [2.45, 2.75) is 76.7 Å². The molecule has 0 amide bonds. The fraction of sp³-hybridized carbons (Fsp3) is 0.632. The maximum absolute atomic E-state index is 13.5. The molecular weight excluding hydrogens is 354 g/mol. The molecule has 0 spiro atoms. The Bertz CT molecular complexity index is 821. The summed E-state index contributed by atoms with van der Waals surface area (Å²) in [7, 11) is -1.89. The van der Waals surface area contributed by atoms with Crippen LogP contribution in [0.2, 0.25) is 18.1 Å². The lowest BCUT2D eigenvalue weighted by Gasteiger charge is -2.52. The Labute approximate surface area is 154 Å². The smallest absolute Gasteiger partial charge is 0.266 e. The van der Waals surface area contributed by atoms with Gasteiger partial charge in [-0.25, -0.2) is 13.8 Å². The first kappa shape index (κ1) is 19.3. The van der Waals surface area contributed by atoms with E-state index in [-0.39, 0.29) is 28.0 Å². The summed E-state index contributed by atoms with van der Waals surface area (Å²) in [4.78, 5) is 4.22. The van der Waals surface area contributed by atoms with Crippen molar-refractivity contribution in [3.8, 4) is 5.75 Å². The Morgan fingerprint density at radius 1 is 1.31 bits per heavy atom. The molecule has 0 unspecified atom stereocenters. The van der Waals surface area contributed by atoms with E-state index in [9.17, 15) is 13.9 Å². The number of aromatic hydroxyl groups is 1. The van der Waals surface area contributed by atoms with Gasteiger partial charge in [0, 0.05) is 17.7 Å². The Kier molecular flexibility index (Phi) is 4.47. The monoisotopic (exact) mass is 382 g/mol. The molecule has 0 atom stereocenters. The van der Waals surface area contributed by atoms with E-state index in [1.165, 1.54) is 6.07 Å². The molecule has 1 N–H and O–H groups in total. The number of phenols is 1. The number of fused-ring (bicyclic) bond motifs is 1. The SMILES string of the molecule is CC(C)(C)[Si](C)(C)O[C@]1(C)C[C@H](n2cnc3cc(O)cc(C(F)F)c32)C1. The molecule has 0 bridgehead atoms. The molecule has 0 saturated heterocycles. The lowest BCUT2D eigenvalue weighted by atomic mass is 9.77. The van der Waals surface area contributed by atoms with Crippen LogP contribution in [0.4, 0.5) is 8.78 Å². The van der Waals surface area contributed by atoms with Gasteiger partial charge in [-0.15, -0.1) is 0 Å². The van der Waals surface area contributed by atoms with Gasteiger partial charge in [0.2, 0.25) is 0 Å². The summed E-state index contributed by atoms with van der Waals surface area (Å²) in [6.45, 7) is 13.2. The minimum Gasteiger partial charge on any atom is -0.508 e. The van der Waals surface area contributed by atoms with Crippen LogP contribution in [0.3, 0.4) is 0 Å². The van der Waals surface area contributed by atoms with E-state index in [1.807, 2.05) is 4.57 Å². The normalized spacial score (nSPS) is 24.3. The second-order valence-corrected chi connectivity index (χ2v) is 14.0. The highest BCUT2D eigenvalue weighted by Gasteiger charge is 2.49. The largest absolute Gasteiger partial charge is 0.508 e. The Morgan fingerprint density at radius 3 is 2.46 bits per heavy atom. The number of aromatic nitrogens is 2. The number of halogens is 2. The van der Waals surface area contributed by atoms with Gasteiger partial charge in [0.15, 0.2) is 8.32 Å². The first-order valence-corrected chi connectivity index (χ1v) is 11.9. The van der Waals surface area contributed by atoms with Crippen molar-refractivity contribution in [1.82, 2.24) is 9.55 Å². The predicted molar refractivity (Wildman–Crippen MR) is 101 cm³/mol. The van der Waals surface area contributed by atoms with E-state index in [0.29, 0.717) is 11.0 Å². The summed E-state index contributed by atoms with van der Waals surface area (Å²) >= 11 is 0. The molecule has 26 heavy (non-hydrogen) atoms. The van der Waals surface area contributed by atoms with Gasteiger partial charge in [0.25, 0.3) is 6.43 Å². The van der Waals surface area contributed by atoms with Gasteiger partial charge in [0.05, 0.1) is 23.0 Å². The standard InChI is InChI=1S/C19H28F2N2O2Si/c1-18(2,3)26(5,6)25-19(4)9-12(10-19)23-11-22-15-8-13(24)7-14(16(15)23)17(20)21/h7-8,11-12,17,24H,9-10H2,1-6H3/t12-,19+. The average Bonchev–Trinajstić information content (AvgIpc) is 2.84. The molecule has 2 aromatic rings. The molecule has 1 aliphatic rings. The van der Waals surface area contributed by atoms with Gasteiger partial charge in [-0.05, 0) is 44.0 Å². The van der Waals surface area contributed by atoms with Gasteiger partial charge in [-0.2, -0.15) is 0 Å². The Balaban J connectivity index is 1.86. The molecule has 1 heterocycles. The molecule has 1 fully saturated rings. The topological polar surface area (TPSA) is 47.3 Å². The van der Waals surface area contributed by atoms with E-state index in [0.717, 1.165) is 18.9 Å². The van der Waals surface area contributed by atoms with Crippen LogP contribution in [0.25, 0.3) is 11.0 Å². The number of hydrogen-bond acceptors (Lipinski definition) is 3. The van der Waals surface area contributed by atoms with Crippen LogP contribution in [0.15, 0.2) is 18.5 Å². The second kappa shape index (κ2) is 6.02. The maximum atomic E-state index is 13.5. The number of nitrogens with zero attached hydrogens (tertiary/aromatic N) is 2. The molecule has 3 rings (SSSR count). The average molecular weight is 383 g/mol. The van der Waals surface area contributed by atoms with Crippen molar-refractivity contribution in [3.63, 3.8) is 0 Å². The second-order valence-electron chi connectivity index (χ2n) is 9.23. The van der Waals surface area contributed by atoms with Gasteiger partial charge in [-0.3, -0.25) is 0 Å². The zero-order chi connectivity index (χ0) is 19.5. The molecule has 0 radical (unpaired) electrons. The summed E-state index contributed by atoms with van der Waals surface area (Å²) in [5, 5.41) is 9.80. The van der Waals surface area contributed by atoms with Gasteiger partial charge in [0.1, 0.15) is 5.75 Å². The number of hydrogen-bond donors (Lipinski definition) is 1. The van der Waals surface area contributed by atoms with Crippen molar-refractivity contribution in [2.75, 3.05) is 0 Å². The summed E-state index contributed by atoms with van der Waals surface area (Å²) < 4.78 is 35.3. The van der Waals surface area contributed by atoms with E-state index in [2.05, 4.69) is 45.8 Å². The van der Waals surface area contributed by atoms with E-state index >= 15 is 0 Å².